The number of carbonyl (C=O) groups is 1. The van der Waals surface area contributed by atoms with E-state index in [0.717, 1.165) is 27.7 Å². The molecule has 0 spiro atoms. The number of hydrogen-bond acceptors (Lipinski definition) is 3. The van der Waals surface area contributed by atoms with Gasteiger partial charge in [0, 0.05) is 34.6 Å². The summed E-state index contributed by atoms with van der Waals surface area (Å²) >= 11 is 0. The van der Waals surface area contributed by atoms with E-state index < -0.39 is 24.6 Å². The summed E-state index contributed by atoms with van der Waals surface area (Å²) in [5.74, 6) is -1.43. The van der Waals surface area contributed by atoms with Gasteiger partial charge in [-0.3, -0.25) is 4.79 Å². The molecule has 0 unspecified atom stereocenters. The summed E-state index contributed by atoms with van der Waals surface area (Å²) in [4.78, 5) is 10.7. The van der Waals surface area contributed by atoms with Crippen LogP contribution in [-0.4, -0.2) is 38.1 Å². The SMILES string of the molecule is CC(C)n1c(C=C[C@H](O)C[C@H](O)CC(=O)O)c(-c2ccc(F)cc2)c2ccccc21.[H-].[Na+]. The maximum Gasteiger partial charge on any atom is 1.00 e. The van der Waals surface area contributed by atoms with E-state index in [0.29, 0.717) is 0 Å². The summed E-state index contributed by atoms with van der Waals surface area (Å²) in [6.07, 6.45) is 0.727. The third kappa shape index (κ3) is 6.05. The van der Waals surface area contributed by atoms with E-state index in [1.807, 2.05) is 24.3 Å². The number of carboxylic acids is 1. The largest absolute Gasteiger partial charge is 1.00 e. The van der Waals surface area contributed by atoms with Crippen molar-refractivity contribution in [3.8, 4) is 11.1 Å². The summed E-state index contributed by atoms with van der Waals surface area (Å²) < 4.78 is 15.6. The van der Waals surface area contributed by atoms with Gasteiger partial charge >= 0.3 is 35.5 Å². The maximum absolute atomic E-state index is 13.5. The number of fused-ring (bicyclic) bond motifs is 1. The molecule has 1 aromatic heterocycles. The molecule has 0 aliphatic heterocycles. The van der Waals surface area contributed by atoms with Gasteiger partial charge in [-0.05, 0) is 43.7 Å². The average molecular weight is 435 g/mol. The standard InChI is InChI=1S/C24H26FNO4.Na.H/c1-15(2)26-21-6-4-3-5-20(21)24(16-7-9-17(25)10-8-16)22(26)12-11-18(27)13-19(28)14-23(29)30;;/h3-12,15,18-19,27-28H,13-14H2,1-2H3,(H,29,30);;/q;+1;-1/t18-,19-;;/m0../s1. The minimum Gasteiger partial charge on any atom is -1.00 e. The second kappa shape index (κ2) is 11.1. The molecule has 7 heteroatoms. The van der Waals surface area contributed by atoms with Crippen LogP contribution >= 0.6 is 0 Å². The smallest absolute Gasteiger partial charge is 1.00 e. The summed E-state index contributed by atoms with van der Waals surface area (Å²) in [6.45, 7) is 4.12. The molecule has 0 aliphatic rings. The van der Waals surface area contributed by atoms with E-state index in [1.165, 1.54) is 12.1 Å². The molecule has 0 aliphatic carbocycles. The molecule has 3 rings (SSSR count). The van der Waals surface area contributed by atoms with Crippen molar-refractivity contribution in [2.75, 3.05) is 0 Å². The van der Waals surface area contributed by atoms with Crippen LogP contribution in [0.1, 0.15) is 39.9 Å². The first-order valence-corrected chi connectivity index (χ1v) is 9.93. The Hall–Kier alpha value is -1.96. The third-order valence-electron chi connectivity index (χ3n) is 5.00. The number of aromatic nitrogens is 1. The van der Waals surface area contributed by atoms with Crippen LogP contribution in [-0.2, 0) is 4.79 Å². The van der Waals surface area contributed by atoms with Gasteiger partial charge in [-0.15, -0.1) is 0 Å². The zero-order valence-corrected chi connectivity index (χ0v) is 20.0. The van der Waals surface area contributed by atoms with Gasteiger partial charge in [0.2, 0.25) is 0 Å². The van der Waals surface area contributed by atoms with Gasteiger partial charge < -0.3 is 21.3 Å². The molecular formula is C24H27FNNaO4. The zero-order chi connectivity index (χ0) is 21.8. The summed E-state index contributed by atoms with van der Waals surface area (Å²) in [5, 5.41) is 29.9. The van der Waals surface area contributed by atoms with Crippen LogP contribution in [0.2, 0.25) is 0 Å². The Morgan fingerprint density at radius 3 is 2.39 bits per heavy atom. The number of halogens is 1. The fourth-order valence-electron chi connectivity index (χ4n) is 3.77. The predicted octanol–water partition coefficient (Wildman–Crippen LogP) is 1.74. The van der Waals surface area contributed by atoms with E-state index >= 15 is 0 Å². The van der Waals surface area contributed by atoms with Crippen molar-refractivity contribution in [1.82, 2.24) is 4.57 Å². The Labute approximate surface area is 204 Å². The zero-order valence-electron chi connectivity index (χ0n) is 19.0. The monoisotopic (exact) mass is 435 g/mol. The number of aliphatic hydroxyl groups is 2. The molecule has 0 bridgehead atoms. The van der Waals surface area contributed by atoms with Crippen LogP contribution < -0.4 is 29.6 Å². The van der Waals surface area contributed by atoms with Crippen molar-refractivity contribution < 1.29 is 55.5 Å². The van der Waals surface area contributed by atoms with Crippen molar-refractivity contribution >= 4 is 22.9 Å². The van der Waals surface area contributed by atoms with Gasteiger partial charge in [0.25, 0.3) is 0 Å². The summed E-state index contributed by atoms with van der Waals surface area (Å²) in [5.41, 5.74) is 3.65. The molecule has 3 aromatic rings. The molecule has 1 heterocycles. The molecule has 5 nitrogen and oxygen atoms in total. The number of benzene rings is 2. The summed E-state index contributed by atoms with van der Waals surface area (Å²) in [7, 11) is 0. The van der Waals surface area contributed by atoms with Gasteiger partial charge in [-0.1, -0.05) is 36.4 Å². The molecule has 0 saturated carbocycles. The van der Waals surface area contributed by atoms with Crippen LogP contribution in [0.4, 0.5) is 4.39 Å². The van der Waals surface area contributed by atoms with Crippen LogP contribution in [0.25, 0.3) is 28.1 Å². The van der Waals surface area contributed by atoms with Gasteiger partial charge in [0.1, 0.15) is 5.82 Å². The first-order valence-electron chi connectivity index (χ1n) is 9.93. The van der Waals surface area contributed by atoms with Crippen molar-refractivity contribution in [3.05, 3.63) is 66.1 Å². The Bertz CT molecular complexity index is 1070. The first-order chi connectivity index (χ1) is 14.3. The number of aliphatic carboxylic acids is 1. The molecule has 31 heavy (non-hydrogen) atoms. The minimum absolute atomic E-state index is 0. The van der Waals surface area contributed by atoms with Crippen LogP contribution in [0.15, 0.2) is 54.6 Å². The number of hydrogen-bond donors (Lipinski definition) is 3. The van der Waals surface area contributed by atoms with E-state index in [2.05, 4.69) is 18.4 Å². The van der Waals surface area contributed by atoms with Gasteiger partial charge in [0.05, 0.1) is 18.6 Å². The second-order valence-corrected chi connectivity index (χ2v) is 7.66. The van der Waals surface area contributed by atoms with Gasteiger partial charge in [-0.2, -0.15) is 0 Å². The molecule has 3 N–H and O–H groups in total. The quantitative estimate of drug-likeness (QED) is 0.471. The molecule has 0 radical (unpaired) electrons. The van der Waals surface area contributed by atoms with Crippen LogP contribution in [0.5, 0.6) is 0 Å². The van der Waals surface area contributed by atoms with Crippen molar-refractivity contribution in [1.29, 1.82) is 0 Å². The number of carboxylic acid groups (broad SMARTS) is 1. The van der Waals surface area contributed by atoms with E-state index in [-0.39, 0.29) is 49.3 Å². The third-order valence-corrected chi connectivity index (χ3v) is 5.00. The molecule has 0 fully saturated rings. The summed E-state index contributed by atoms with van der Waals surface area (Å²) in [6, 6.07) is 14.4. The van der Waals surface area contributed by atoms with Gasteiger partial charge in [0.15, 0.2) is 0 Å². The second-order valence-electron chi connectivity index (χ2n) is 7.66. The first kappa shape index (κ1) is 25.3. The Morgan fingerprint density at radius 1 is 1.13 bits per heavy atom. The minimum atomic E-state index is -1.13. The Balaban J connectivity index is 0.00000256. The molecule has 0 saturated heterocycles. The number of aliphatic hydroxyl groups excluding tert-OH is 2. The van der Waals surface area contributed by atoms with E-state index in [1.54, 1.807) is 24.3 Å². The molecule has 160 valence electrons. The number of nitrogens with zero attached hydrogens (tertiary/aromatic N) is 1. The average Bonchev–Trinajstić information content (AvgIpc) is 3.00. The van der Waals surface area contributed by atoms with Gasteiger partial charge in [-0.25, -0.2) is 4.39 Å². The fourth-order valence-corrected chi connectivity index (χ4v) is 3.77. The number of rotatable bonds is 8. The molecule has 2 aromatic carbocycles. The molecule has 2 atom stereocenters. The van der Waals surface area contributed by atoms with Crippen molar-refractivity contribution in [2.24, 2.45) is 0 Å². The Kier molecular flexibility index (Phi) is 9.03. The van der Waals surface area contributed by atoms with Crippen molar-refractivity contribution in [2.45, 2.75) is 44.9 Å². The topological polar surface area (TPSA) is 82.7 Å². The predicted molar refractivity (Wildman–Crippen MR) is 117 cm³/mol. The normalized spacial score (nSPS) is 13.5. The Morgan fingerprint density at radius 2 is 1.77 bits per heavy atom. The fraction of sp³-hybridized carbons (Fsp3) is 0.292. The maximum atomic E-state index is 13.5. The van der Waals surface area contributed by atoms with E-state index in [9.17, 15) is 19.4 Å². The number of para-hydroxylation sites is 1. The van der Waals surface area contributed by atoms with Crippen LogP contribution in [0.3, 0.4) is 0 Å². The van der Waals surface area contributed by atoms with Crippen LogP contribution in [0, 0.1) is 5.82 Å². The van der Waals surface area contributed by atoms with E-state index in [4.69, 9.17) is 5.11 Å². The molecule has 0 amide bonds. The molecular weight excluding hydrogens is 408 g/mol. The van der Waals surface area contributed by atoms with Crippen molar-refractivity contribution in [3.63, 3.8) is 0 Å².